The number of rotatable bonds is 5. The summed E-state index contributed by atoms with van der Waals surface area (Å²) in [6.45, 7) is 2.56. The van der Waals surface area contributed by atoms with Gasteiger partial charge in [-0.15, -0.1) is 0 Å². The number of hydrogen-bond donors (Lipinski definition) is 0. The molecule has 3 aliphatic carbocycles. The summed E-state index contributed by atoms with van der Waals surface area (Å²) in [4.78, 5) is 2.44. The van der Waals surface area contributed by atoms with Crippen molar-refractivity contribution in [2.75, 3.05) is 4.90 Å². The van der Waals surface area contributed by atoms with E-state index in [9.17, 15) is 0 Å². The van der Waals surface area contributed by atoms with Crippen LogP contribution in [0, 0.1) is 5.41 Å². The molecule has 0 aromatic heterocycles. The van der Waals surface area contributed by atoms with Gasteiger partial charge in [0.2, 0.25) is 0 Å². The molecule has 0 bridgehead atoms. The van der Waals surface area contributed by atoms with Gasteiger partial charge in [0.15, 0.2) is 0 Å². The van der Waals surface area contributed by atoms with Gasteiger partial charge in [-0.25, -0.2) is 0 Å². The van der Waals surface area contributed by atoms with E-state index in [1.54, 1.807) is 0 Å². The van der Waals surface area contributed by atoms with Crippen LogP contribution >= 0.6 is 0 Å². The molecule has 0 N–H and O–H groups in total. The molecule has 0 saturated carbocycles. The lowest BCUT2D eigenvalue weighted by atomic mass is 9.70. The fourth-order valence-electron chi connectivity index (χ4n) is 9.61. The van der Waals surface area contributed by atoms with Crippen LogP contribution in [-0.4, -0.2) is 0 Å². The van der Waals surface area contributed by atoms with E-state index in [2.05, 4.69) is 188 Å². The van der Waals surface area contributed by atoms with Gasteiger partial charge in [0.1, 0.15) is 0 Å². The Hall–Kier alpha value is -5.66. The Morgan fingerprint density at radius 1 is 0.333 bits per heavy atom. The van der Waals surface area contributed by atoms with Crippen LogP contribution in [-0.2, 0) is 0 Å². The van der Waals surface area contributed by atoms with Gasteiger partial charge in [-0.1, -0.05) is 146 Å². The van der Waals surface area contributed by atoms with E-state index < -0.39 is 0 Å². The zero-order valence-electron chi connectivity index (χ0n) is 26.9. The maximum Gasteiger partial charge on any atom is 0.0464 e. The van der Waals surface area contributed by atoms with Crippen LogP contribution in [0.25, 0.3) is 22.3 Å². The van der Waals surface area contributed by atoms with Crippen molar-refractivity contribution in [1.29, 1.82) is 0 Å². The molecule has 10 rings (SSSR count). The van der Waals surface area contributed by atoms with Gasteiger partial charge in [0.25, 0.3) is 0 Å². The van der Waals surface area contributed by atoms with Crippen LogP contribution < -0.4 is 4.90 Å². The SMILES string of the molecule is CC12C3c4ccccc4C1c1ccc(N(c4ccc(-c5ccccc5)cc4)c4ccc(-c5ccccc5)cc4)cc1C2c1ccccc13. The Balaban J connectivity index is 1.14. The van der Waals surface area contributed by atoms with Crippen molar-refractivity contribution in [3.63, 3.8) is 0 Å². The predicted octanol–water partition coefficient (Wildman–Crippen LogP) is 12.2. The van der Waals surface area contributed by atoms with E-state index in [0.29, 0.717) is 17.8 Å². The Labute approximate surface area is 282 Å². The molecule has 4 atom stereocenters. The Morgan fingerprint density at radius 3 is 1.10 bits per heavy atom. The lowest BCUT2D eigenvalue weighted by Gasteiger charge is -2.31. The lowest BCUT2D eigenvalue weighted by molar-refractivity contribution is 0.288. The average molecular weight is 614 g/mol. The molecule has 3 aliphatic rings. The van der Waals surface area contributed by atoms with E-state index in [-0.39, 0.29) is 5.41 Å². The zero-order chi connectivity index (χ0) is 31.8. The van der Waals surface area contributed by atoms with Crippen LogP contribution in [0.15, 0.2) is 176 Å². The van der Waals surface area contributed by atoms with Gasteiger partial charge in [0.05, 0.1) is 0 Å². The largest absolute Gasteiger partial charge is 0.310 e. The van der Waals surface area contributed by atoms with Gasteiger partial charge in [0, 0.05) is 40.2 Å². The molecule has 4 unspecified atom stereocenters. The fraction of sp³-hybridized carbons (Fsp3) is 0.106. The monoisotopic (exact) mass is 613 g/mol. The summed E-state index contributed by atoms with van der Waals surface area (Å²) in [5.74, 6) is 1.17. The molecule has 1 heteroatoms. The summed E-state index contributed by atoms with van der Waals surface area (Å²) in [5, 5.41) is 0. The predicted molar refractivity (Wildman–Crippen MR) is 199 cm³/mol. The highest BCUT2D eigenvalue weighted by Crippen LogP contribution is 2.76. The summed E-state index contributed by atoms with van der Waals surface area (Å²) in [6.07, 6.45) is 0. The normalized spacial score (nSPS) is 20.9. The minimum atomic E-state index is 0.0911. The number of anilines is 3. The summed E-state index contributed by atoms with van der Waals surface area (Å²) >= 11 is 0. The quantitative estimate of drug-likeness (QED) is 0.187. The summed E-state index contributed by atoms with van der Waals surface area (Å²) in [6, 6.07) is 65.2. The molecule has 228 valence electrons. The molecule has 48 heavy (non-hydrogen) atoms. The Bertz CT molecular complexity index is 2210. The summed E-state index contributed by atoms with van der Waals surface area (Å²) in [7, 11) is 0. The standard InChI is InChI=1S/C47H35N/c1-47-44-38-16-8-9-17-39(38)45(47)42-29-28-37(30-43(42)46(47)41-19-11-10-18-40(41)44)48(35-24-20-33(21-25-35)31-12-4-2-5-13-31)36-26-22-34(23-27-36)32-14-6-3-7-15-32/h2-30,44-46H,1H3. The first-order chi connectivity index (χ1) is 23.7. The Kier molecular flexibility index (Phi) is 5.96. The first-order valence-corrected chi connectivity index (χ1v) is 17.1. The molecule has 7 aromatic carbocycles. The smallest absolute Gasteiger partial charge is 0.0464 e. The molecule has 0 radical (unpaired) electrons. The van der Waals surface area contributed by atoms with E-state index in [0.717, 1.165) is 11.4 Å². The second kappa shape index (κ2) is 10.4. The number of benzene rings is 7. The summed E-state index contributed by atoms with van der Waals surface area (Å²) in [5.41, 5.74) is 17.5. The van der Waals surface area contributed by atoms with Crippen molar-refractivity contribution in [3.8, 4) is 22.3 Å². The minimum Gasteiger partial charge on any atom is -0.310 e. The lowest BCUT2D eigenvalue weighted by Crippen LogP contribution is -2.23. The van der Waals surface area contributed by atoms with E-state index in [1.165, 1.54) is 61.3 Å². The van der Waals surface area contributed by atoms with Crippen LogP contribution in [0.4, 0.5) is 17.1 Å². The third-order valence-corrected chi connectivity index (χ3v) is 11.5. The summed E-state index contributed by atoms with van der Waals surface area (Å²) < 4.78 is 0. The molecule has 0 amide bonds. The van der Waals surface area contributed by atoms with Crippen LogP contribution in [0.2, 0.25) is 0 Å². The van der Waals surface area contributed by atoms with E-state index in [1.807, 2.05) is 0 Å². The number of nitrogens with zero attached hydrogens (tertiary/aromatic N) is 1. The number of fused-ring (bicyclic) bond motifs is 9. The third kappa shape index (κ3) is 3.85. The molecular weight excluding hydrogens is 579 g/mol. The maximum absolute atomic E-state index is 2.56. The van der Waals surface area contributed by atoms with Crippen molar-refractivity contribution in [1.82, 2.24) is 0 Å². The molecule has 7 aromatic rings. The number of hydrogen-bond acceptors (Lipinski definition) is 1. The molecule has 0 fully saturated rings. The highest BCUT2D eigenvalue weighted by atomic mass is 15.1. The van der Waals surface area contributed by atoms with Crippen molar-refractivity contribution >= 4 is 17.1 Å². The zero-order valence-corrected chi connectivity index (χ0v) is 26.9. The first kappa shape index (κ1) is 27.5. The maximum atomic E-state index is 2.56. The molecule has 0 aliphatic heterocycles. The molecule has 0 saturated heterocycles. The van der Waals surface area contributed by atoms with E-state index >= 15 is 0 Å². The second-order valence-corrected chi connectivity index (χ2v) is 13.9. The van der Waals surface area contributed by atoms with Gasteiger partial charge in [-0.3, -0.25) is 0 Å². The van der Waals surface area contributed by atoms with E-state index in [4.69, 9.17) is 0 Å². The minimum absolute atomic E-state index is 0.0911. The molecule has 0 heterocycles. The van der Waals surface area contributed by atoms with Gasteiger partial charge >= 0.3 is 0 Å². The molecule has 1 nitrogen and oxygen atoms in total. The average Bonchev–Trinajstić information content (AvgIpc) is 3.69. The second-order valence-electron chi connectivity index (χ2n) is 13.9. The fourth-order valence-corrected chi connectivity index (χ4v) is 9.61. The third-order valence-electron chi connectivity index (χ3n) is 11.5. The van der Waals surface area contributed by atoms with Crippen molar-refractivity contribution < 1.29 is 0 Å². The van der Waals surface area contributed by atoms with Gasteiger partial charge in [-0.05, 0) is 92.0 Å². The van der Waals surface area contributed by atoms with Crippen LogP contribution in [0.1, 0.15) is 58.1 Å². The first-order valence-electron chi connectivity index (χ1n) is 17.1. The topological polar surface area (TPSA) is 3.24 Å². The van der Waals surface area contributed by atoms with Crippen molar-refractivity contribution in [2.24, 2.45) is 5.41 Å². The van der Waals surface area contributed by atoms with Crippen LogP contribution in [0.3, 0.4) is 0 Å². The van der Waals surface area contributed by atoms with Gasteiger partial charge < -0.3 is 4.90 Å². The highest BCUT2D eigenvalue weighted by molar-refractivity contribution is 5.81. The highest BCUT2D eigenvalue weighted by Gasteiger charge is 2.64. The van der Waals surface area contributed by atoms with Gasteiger partial charge in [-0.2, -0.15) is 0 Å². The Morgan fingerprint density at radius 2 is 0.667 bits per heavy atom. The van der Waals surface area contributed by atoms with Crippen LogP contribution in [0.5, 0.6) is 0 Å². The van der Waals surface area contributed by atoms with Crippen molar-refractivity contribution in [3.05, 3.63) is 209 Å². The van der Waals surface area contributed by atoms with Crippen molar-refractivity contribution in [2.45, 2.75) is 24.7 Å². The molecule has 0 spiro atoms. The molecular formula is C47H35N.